The molecule has 3 nitrogen and oxygen atoms in total. The molecule has 0 aromatic heterocycles. The van der Waals surface area contributed by atoms with Crippen LogP contribution in [-0.2, 0) is 11.4 Å². The van der Waals surface area contributed by atoms with Gasteiger partial charge < -0.3 is 10.4 Å². The number of rotatable bonds is 2. The molecule has 0 saturated carbocycles. The minimum Gasteiger partial charge on any atom is -0.392 e. The van der Waals surface area contributed by atoms with Gasteiger partial charge in [0.2, 0.25) is 5.91 Å². The number of benzene rings is 1. The average molecular weight is 214 g/mol. The molecule has 0 bridgehead atoms. The van der Waals surface area contributed by atoms with Crippen molar-refractivity contribution in [2.75, 3.05) is 5.32 Å². The van der Waals surface area contributed by atoms with E-state index in [-0.39, 0.29) is 12.5 Å². The molecule has 0 unspecified atom stereocenters. The zero-order chi connectivity index (χ0) is 10.7. The largest absolute Gasteiger partial charge is 0.392 e. The van der Waals surface area contributed by atoms with Gasteiger partial charge >= 0.3 is 0 Å². The summed E-state index contributed by atoms with van der Waals surface area (Å²) in [5.74, 6) is -0.176. The number of carbonyl (C=O) groups excluding carboxylic acids is 1. The Kier molecular flexibility index (Phi) is 3.49. The van der Waals surface area contributed by atoms with Crippen molar-refractivity contribution in [3.63, 3.8) is 0 Å². The van der Waals surface area contributed by atoms with Crippen molar-refractivity contribution in [3.8, 4) is 0 Å². The lowest BCUT2D eigenvalue weighted by Gasteiger charge is -2.12. The summed E-state index contributed by atoms with van der Waals surface area (Å²) in [5, 5.41) is 12.3. The molecule has 1 aromatic carbocycles. The number of halogens is 1. The third-order valence-electron chi connectivity index (χ3n) is 1.96. The smallest absolute Gasteiger partial charge is 0.221 e. The van der Waals surface area contributed by atoms with Crippen LogP contribution in [0.1, 0.15) is 18.1 Å². The second-order valence-corrected chi connectivity index (χ2v) is 3.45. The third kappa shape index (κ3) is 2.25. The molecule has 0 saturated heterocycles. The summed E-state index contributed by atoms with van der Waals surface area (Å²) in [7, 11) is 0. The topological polar surface area (TPSA) is 49.3 Å². The summed E-state index contributed by atoms with van der Waals surface area (Å²) in [4.78, 5) is 10.9. The molecule has 1 aromatic rings. The zero-order valence-corrected chi connectivity index (χ0v) is 8.85. The lowest BCUT2D eigenvalue weighted by molar-refractivity contribution is -0.114. The summed E-state index contributed by atoms with van der Waals surface area (Å²) < 4.78 is 0. The molecular formula is C10H12ClNO2. The van der Waals surface area contributed by atoms with E-state index < -0.39 is 0 Å². The quantitative estimate of drug-likeness (QED) is 0.791. The van der Waals surface area contributed by atoms with Crippen LogP contribution >= 0.6 is 11.6 Å². The molecule has 2 N–H and O–H groups in total. The van der Waals surface area contributed by atoms with Crippen LogP contribution < -0.4 is 5.32 Å². The van der Waals surface area contributed by atoms with E-state index in [4.69, 9.17) is 16.7 Å². The normalized spacial score (nSPS) is 10.0. The molecule has 0 atom stereocenters. The Labute approximate surface area is 87.7 Å². The first-order valence-electron chi connectivity index (χ1n) is 4.22. The van der Waals surface area contributed by atoms with Gasteiger partial charge in [0, 0.05) is 17.5 Å². The number of hydrogen-bond donors (Lipinski definition) is 2. The van der Waals surface area contributed by atoms with Crippen LogP contribution in [0.4, 0.5) is 5.69 Å². The molecule has 1 rings (SSSR count). The van der Waals surface area contributed by atoms with Crippen LogP contribution in [0.3, 0.4) is 0 Å². The summed E-state index contributed by atoms with van der Waals surface area (Å²) in [6.45, 7) is 3.10. The van der Waals surface area contributed by atoms with E-state index in [0.717, 1.165) is 5.56 Å². The molecule has 0 radical (unpaired) electrons. The second kappa shape index (κ2) is 4.44. The van der Waals surface area contributed by atoms with Gasteiger partial charge in [0.15, 0.2) is 0 Å². The lowest BCUT2D eigenvalue weighted by Crippen LogP contribution is -2.10. The Balaban J connectivity index is 3.20. The molecule has 1 amide bonds. The van der Waals surface area contributed by atoms with E-state index in [1.165, 1.54) is 6.92 Å². The van der Waals surface area contributed by atoms with Gasteiger partial charge in [0.25, 0.3) is 0 Å². The highest BCUT2D eigenvalue weighted by Gasteiger charge is 2.09. The zero-order valence-electron chi connectivity index (χ0n) is 8.10. The van der Waals surface area contributed by atoms with Crippen molar-refractivity contribution in [1.82, 2.24) is 0 Å². The number of aliphatic hydroxyl groups is 1. The maximum atomic E-state index is 10.9. The van der Waals surface area contributed by atoms with Crippen molar-refractivity contribution < 1.29 is 9.90 Å². The van der Waals surface area contributed by atoms with Crippen LogP contribution in [0.15, 0.2) is 12.1 Å². The Bertz CT molecular complexity index is 363. The number of carbonyl (C=O) groups is 1. The third-order valence-corrected chi connectivity index (χ3v) is 2.37. The standard InChI is InChI=1S/C10H12ClNO2/c1-6-9(11)4-3-8(5-13)10(6)12-7(2)14/h3-4,13H,5H2,1-2H3,(H,12,14). The van der Waals surface area contributed by atoms with E-state index in [1.807, 2.05) is 0 Å². The molecular weight excluding hydrogens is 202 g/mol. The maximum absolute atomic E-state index is 10.9. The number of nitrogens with one attached hydrogen (secondary N) is 1. The highest BCUT2D eigenvalue weighted by molar-refractivity contribution is 6.31. The van der Waals surface area contributed by atoms with Gasteiger partial charge in [-0.25, -0.2) is 0 Å². The van der Waals surface area contributed by atoms with Gasteiger partial charge in [-0.3, -0.25) is 4.79 Å². The summed E-state index contributed by atoms with van der Waals surface area (Å²) in [6, 6.07) is 3.40. The molecule has 0 aliphatic rings. The molecule has 4 heteroatoms. The fraction of sp³-hybridized carbons (Fsp3) is 0.300. The molecule has 0 aliphatic carbocycles. The SMILES string of the molecule is CC(=O)Nc1c(CO)ccc(Cl)c1C. The van der Waals surface area contributed by atoms with Gasteiger partial charge in [-0.15, -0.1) is 0 Å². The fourth-order valence-corrected chi connectivity index (χ4v) is 1.38. The number of aliphatic hydroxyl groups excluding tert-OH is 1. The molecule has 0 aliphatic heterocycles. The predicted molar refractivity (Wildman–Crippen MR) is 56.4 cm³/mol. The Morgan fingerprint density at radius 2 is 2.21 bits per heavy atom. The van der Waals surface area contributed by atoms with E-state index in [9.17, 15) is 4.79 Å². The van der Waals surface area contributed by atoms with E-state index in [2.05, 4.69) is 5.32 Å². The van der Waals surface area contributed by atoms with E-state index >= 15 is 0 Å². The van der Waals surface area contributed by atoms with E-state index in [0.29, 0.717) is 16.3 Å². The Hall–Kier alpha value is -1.06. The Morgan fingerprint density at radius 1 is 1.57 bits per heavy atom. The van der Waals surface area contributed by atoms with Crippen LogP contribution in [0.2, 0.25) is 5.02 Å². The average Bonchev–Trinajstić information content (AvgIpc) is 2.13. The summed E-state index contributed by atoms with van der Waals surface area (Å²) in [5.41, 5.74) is 2.04. The van der Waals surface area contributed by atoms with Gasteiger partial charge in [-0.05, 0) is 18.6 Å². The molecule has 0 spiro atoms. The summed E-state index contributed by atoms with van der Waals surface area (Å²) in [6.07, 6.45) is 0. The highest BCUT2D eigenvalue weighted by Crippen LogP contribution is 2.27. The van der Waals surface area contributed by atoms with Crippen LogP contribution in [0.5, 0.6) is 0 Å². The van der Waals surface area contributed by atoms with Gasteiger partial charge in [0.05, 0.1) is 12.3 Å². The van der Waals surface area contributed by atoms with Crippen molar-refractivity contribution in [3.05, 3.63) is 28.3 Å². The van der Waals surface area contributed by atoms with Gasteiger partial charge in [0.1, 0.15) is 0 Å². The Morgan fingerprint density at radius 3 is 2.71 bits per heavy atom. The van der Waals surface area contributed by atoms with E-state index in [1.54, 1.807) is 19.1 Å². The minimum absolute atomic E-state index is 0.117. The first kappa shape index (κ1) is 11.0. The van der Waals surface area contributed by atoms with Gasteiger partial charge in [-0.2, -0.15) is 0 Å². The highest BCUT2D eigenvalue weighted by atomic mass is 35.5. The summed E-state index contributed by atoms with van der Waals surface area (Å²) >= 11 is 5.89. The number of anilines is 1. The minimum atomic E-state index is -0.176. The fourth-order valence-electron chi connectivity index (χ4n) is 1.22. The monoisotopic (exact) mass is 213 g/mol. The molecule has 76 valence electrons. The van der Waals surface area contributed by atoms with Crippen LogP contribution in [-0.4, -0.2) is 11.0 Å². The van der Waals surface area contributed by atoms with Crippen LogP contribution in [0.25, 0.3) is 0 Å². The number of hydrogen-bond acceptors (Lipinski definition) is 2. The maximum Gasteiger partial charge on any atom is 0.221 e. The van der Waals surface area contributed by atoms with Crippen molar-refractivity contribution >= 4 is 23.2 Å². The van der Waals surface area contributed by atoms with Gasteiger partial charge in [-0.1, -0.05) is 17.7 Å². The van der Waals surface area contributed by atoms with Crippen LogP contribution in [0, 0.1) is 6.92 Å². The second-order valence-electron chi connectivity index (χ2n) is 3.05. The molecule has 14 heavy (non-hydrogen) atoms. The van der Waals surface area contributed by atoms with Crippen molar-refractivity contribution in [1.29, 1.82) is 0 Å². The molecule has 0 fully saturated rings. The first-order chi connectivity index (χ1) is 6.56. The lowest BCUT2D eigenvalue weighted by atomic mass is 10.1. The predicted octanol–water partition coefficient (Wildman–Crippen LogP) is 2.10. The van der Waals surface area contributed by atoms with Crippen molar-refractivity contribution in [2.45, 2.75) is 20.5 Å². The number of amides is 1. The first-order valence-corrected chi connectivity index (χ1v) is 4.60. The molecule has 0 heterocycles. The van der Waals surface area contributed by atoms with Crippen molar-refractivity contribution in [2.24, 2.45) is 0 Å².